The zero-order chi connectivity index (χ0) is 24.6. The van der Waals surface area contributed by atoms with Gasteiger partial charge in [-0.3, -0.25) is 0 Å². The second-order valence-corrected chi connectivity index (χ2v) is 9.31. The van der Waals surface area contributed by atoms with Gasteiger partial charge in [0.1, 0.15) is 11.6 Å². The number of pyridine rings is 1. The molecule has 0 unspecified atom stereocenters. The SMILES string of the molecule is [C-]#[N+]c1c(-c2c[nH]c3c(F)cc(F)cc23)nc(N[C@H](CC)C(C)(C)C)c(F)c1-c1ccccc1. The standard InChI is InChI=1S/C27H25F3N4/c1-6-20(27(2,3)4)33-26-22(30)21(15-10-8-7-9-11-15)25(31-5)24(34-26)18-14-32-23-17(18)12-16(28)13-19(23)29/h7-14,20,32H,6H2,1-4H3,(H,33,34)/t20-/m1/s1. The van der Waals surface area contributed by atoms with Gasteiger partial charge in [0, 0.05) is 34.8 Å². The third kappa shape index (κ3) is 4.12. The van der Waals surface area contributed by atoms with Gasteiger partial charge in [0.05, 0.1) is 17.8 Å². The van der Waals surface area contributed by atoms with Gasteiger partial charge in [0.2, 0.25) is 5.69 Å². The van der Waals surface area contributed by atoms with Gasteiger partial charge in [0.25, 0.3) is 0 Å². The van der Waals surface area contributed by atoms with Gasteiger partial charge >= 0.3 is 0 Å². The Morgan fingerprint density at radius 2 is 1.82 bits per heavy atom. The highest BCUT2D eigenvalue weighted by atomic mass is 19.1. The van der Waals surface area contributed by atoms with Crippen LogP contribution in [-0.4, -0.2) is 16.0 Å². The summed E-state index contributed by atoms with van der Waals surface area (Å²) in [5.41, 5.74) is 0.957. The molecule has 7 heteroatoms. The largest absolute Gasteiger partial charge is 0.364 e. The molecule has 2 aromatic carbocycles. The molecule has 34 heavy (non-hydrogen) atoms. The van der Waals surface area contributed by atoms with Crippen LogP contribution in [0.3, 0.4) is 0 Å². The summed E-state index contributed by atoms with van der Waals surface area (Å²) in [4.78, 5) is 10.9. The van der Waals surface area contributed by atoms with E-state index in [0.29, 0.717) is 17.5 Å². The lowest BCUT2D eigenvalue weighted by Crippen LogP contribution is -2.34. The molecular formula is C27H25F3N4. The Morgan fingerprint density at radius 1 is 1.12 bits per heavy atom. The first-order valence-corrected chi connectivity index (χ1v) is 11.0. The minimum absolute atomic E-state index is 0.00532. The number of hydrogen-bond donors (Lipinski definition) is 2. The maximum absolute atomic E-state index is 16.0. The molecule has 174 valence electrons. The molecule has 0 amide bonds. The van der Waals surface area contributed by atoms with E-state index in [4.69, 9.17) is 6.57 Å². The molecule has 0 saturated carbocycles. The van der Waals surface area contributed by atoms with Gasteiger partial charge in [-0.2, -0.15) is 0 Å². The number of fused-ring (bicyclic) bond motifs is 1. The van der Waals surface area contributed by atoms with E-state index in [2.05, 4.69) is 20.1 Å². The Balaban J connectivity index is 2.05. The quantitative estimate of drug-likeness (QED) is 0.294. The molecule has 4 nitrogen and oxygen atoms in total. The summed E-state index contributed by atoms with van der Waals surface area (Å²) in [6.45, 7) is 16.0. The summed E-state index contributed by atoms with van der Waals surface area (Å²) in [5, 5.41) is 3.46. The molecule has 0 aliphatic carbocycles. The summed E-state index contributed by atoms with van der Waals surface area (Å²) in [7, 11) is 0. The molecule has 4 aromatic rings. The van der Waals surface area contributed by atoms with Crippen LogP contribution in [0.4, 0.5) is 24.7 Å². The van der Waals surface area contributed by atoms with Gasteiger partial charge < -0.3 is 10.3 Å². The van der Waals surface area contributed by atoms with Crippen molar-refractivity contribution in [1.82, 2.24) is 9.97 Å². The number of H-pyrrole nitrogens is 1. The zero-order valence-electron chi connectivity index (χ0n) is 19.4. The van der Waals surface area contributed by atoms with Crippen LogP contribution < -0.4 is 5.32 Å². The monoisotopic (exact) mass is 462 g/mol. The molecule has 0 aliphatic rings. The molecule has 2 aromatic heterocycles. The van der Waals surface area contributed by atoms with Crippen LogP contribution >= 0.6 is 0 Å². The molecule has 2 heterocycles. The van der Waals surface area contributed by atoms with Crippen LogP contribution in [0.15, 0.2) is 48.7 Å². The molecule has 0 fully saturated rings. The number of nitrogens with zero attached hydrogens (tertiary/aromatic N) is 2. The van der Waals surface area contributed by atoms with Crippen LogP contribution in [0, 0.1) is 29.4 Å². The number of halogens is 3. The molecule has 0 saturated heterocycles. The molecule has 2 N–H and O–H groups in total. The number of nitrogens with one attached hydrogen (secondary N) is 2. The first-order chi connectivity index (χ1) is 16.2. The summed E-state index contributed by atoms with van der Waals surface area (Å²) < 4.78 is 44.4. The molecular weight excluding hydrogens is 437 g/mol. The van der Waals surface area contributed by atoms with E-state index in [1.54, 1.807) is 30.3 Å². The van der Waals surface area contributed by atoms with Gasteiger partial charge in [0.15, 0.2) is 11.6 Å². The van der Waals surface area contributed by atoms with Crippen LogP contribution in [-0.2, 0) is 0 Å². The number of aromatic amines is 1. The van der Waals surface area contributed by atoms with E-state index < -0.39 is 17.5 Å². The van der Waals surface area contributed by atoms with Gasteiger partial charge in [-0.1, -0.05) is 58.0 Å². The number of benzene rings is 2. The van der Waals surface area contributed by atoms with E-state index in [1.807, 2.05) is 27.7 Å². The van der Waals surface area contributed by atoms with E-state index in [9.17, 15) is 8.78 Å². The molecule has 4 rings (SSSR count). The minimum atomic E-state index is -0.756. The van der Waals surface area contributed by atoms with Crippen molar-refractivity contribution in [3.8, 4) is 22.4 Å². The first kappa shape index (κ1) is 23.4. The van der Waals surface area contributed by atoms with E-state index in [0.717, 1.165) is 6.07 Å². The highest BCUT2D eigenvalue weighted by molar-refractivity contribution is 6.01. The van der Waals surface area contributed by atoms with Crippen molar-refractivity contribution in [3.05, 3.63) is 77.5 Å². The summed E-state index contributed by atoms with van der Waals surface area (Å²) >= 11 is 0. The van der Waals surface area contributed by atoms with Crippen LogP contribution in [0.25, 0.3) is 38.1 Å². The van der Waals surface area contributed by atoms with Crippen molar-refractivity contribution in [1.29, 1.82) is 0 Å². The molecule has 0 radical (unpaired) electrons. The van der Waals surface area contributed by atoms with Gasteiger partial charge in [-0.25, -0.2) is 23.0 Å². The second-order valence-electron chi connectivity index (χ2n) is 9.31. The lowest BCUT2D eigenvalue weighted by molar-refractivity contribution is 0.332. The van der Waals surface area contributed by atoms with Gasteiger partial charge in [-0.05, 0) is 23.5 Å². The molecule has 0 spiro atoms. The molecule has 0 aliphatic heterocycles. The molecule has 1 atom stereocenters. The lowest BCUT2D eigenvalue weighted by Gasteiger charge is -2.31. The van der Waals surface area contributed by atoms with Crippen molar-refractivity contribution in [2.45, 2.75) is 40.2 Å². The predicted octanol–water partition coefficient (Wildman–Crippen LogP) is 8.10. The Kier molecular flexibility index (Phi) is 6.09. The van der Waals surface area contributed by atoms with Crippen molar-refractivity contribution in [2.24, 2.45) is 5.41 Å². The van der Waals surface area contributed by atoms with Gasteiger partial charge in [-0.15, -0.1) is 0 Å². The summed E-state index contributed by atoms with van der Waals surface area (Å²) in [5.74, 6) is -2.15. The lowest BCUT2D eigenvalue weighted by atomic mass is 9.85. The fourth-order valence-corrected chi connectivity index (χ4v) is 4.26. The van der Waals surface area contributed by atoms with Crippen molar-refractivity contribution in [2.75, 3.05) is 5.32 Å². The second kappa shape index (κ2) is 8.86. The first-order valence-electron chi connectivity index (χ1n) is 11.0. The fraction of sp³-hybridized carbons (Fsp3) is 0.259. The Morgan fingerprint density at radius 3 is 2.44 bits per heavy atom. The summed E-state index contributed by atoms with van der Waals surface area (Å²) in [6.07, 6.45) is 2.19. The predicted molar refractivity (Wildman–Crippen MR) is 130 cm³/mol. The van der Waals surface area contributed by atoms with Crippen LogP contribution in [0.2, 0.25) is 0 Å². The smallest absolute Gasteiger partial charge is 0.223 e. The van der Waals surface area contributed by atoms with Crippen molar-refractivity contribution >= 4 is 22.4 Å². The number of rotatable bonds is 5. The summed E-state index contributed by atoms with van der Waals surface area (Å²) in [6, 6.07) is 10.6. The van der Waals surface area contributed by atoms with Crippen molar-refractivity contribution in [3.63, 3.8) is 0 Å². The molecule has 0 bridgehead atoms. The van der Waals surface area contributed by atoms with E-state index in [-0.39, 0.29) is 45.1 Å². The highest BCUT2D eigenvalue weighted by Gasteiger charge is 2.28. The fourth-order valence-electron chi connectivity index (χ4n) is 4.26. The average molecular weight is 463 g/mol. The van der Waals surface area contributed by atoms with Crippen LogP contribution in [0.5, 0.6) is 0 Å². The maximum Gasteiger partial charge on any atom is 0.223 e. The topological polar surface area (TPSA) is 45.1 Å². The van der Waals surface area contributed by atoms with E-state index >= 15 is 4.39 Å². The average Bonchev–Trinajstić information content (AvgIpc) is 3.21. The third-order valence-corrected chi connectivity index (χ3v) is 6.01. The maximum atomic E-state index is 16.0. The minimum Gasteiger partial charge on any atom is -0.364 e. The number of hydrogen-bond acceptors (Lipinski definition) is 2. The Hall–Kier alpha value is -3.79. The third-order valence-electron chi connectivity index (χ3n) is 6.01. The number of aromatic nitrogens is 2. The number of anilines is 1. The highest BCUT2D eigenvalue weighted by Crippen LogP contribution is 2.44. The normalized spacial score (nSPS) is 12.5. The van der Waals surface area contributed by atoms with Crippen LogP contribution in [0.1, 0.15) is 34.1 Å². The zero-order valence-corrected chi connectivity index (χ0v) is 19.4. The Labute approximate surface area is 196 Å². The van der Waals surface area contributed by atoms with Crippen molar-refractivity contribution < 1.29 is 13.2 Å². The van der Waals surface area contributed by atoms with E-state index in [1.165, 1.54) is 12.3 Å². The Bertz CT molecular complexity index is 1400.